The lowest BCUT2D eigenvalue weighted by Crippen LogP contribution is -2.15. The normalized spacial score (nSPS) is 11.9. The Labute approximate surface area is 421 Å². The topological polar surface area (TPSA) is 171 Å². The Morgan fingerprint density at radius 1 is 0.586 bits per heavy atom. The van der Waals surface area contributed by atoms with Gasteiger partial charge in [-0.15, -0.1) is 11.6 Å². The highest BCUT2D eigenvalue weighted by Gasteiger charge is 2.27. The number of nitrogens with one attached hydrogen (secondary N) is 2. The van der Waals surface area contributed by atoms with Gasteiger partial charge in [-0.05, 0) is 51.2 Å². The van der Waals surface area contributed by atoms with E-state index in [0.29, 0.717) is 146 Å². The van der Waals surface area contributed by atoms with Crippen molar-refractivity contribution >= 4 is 79.6 Å². The molecule has 368 valence electrons. The number of rotatable bonds is 19. The molecule has 2 aliphatic heterocycles. The lowest BCUT2D eigenvalue weighted by atomic mass is 10.1. The average molecular weight is 1020 g/mol. The number of ether oxygens (including phenoxy) is 10. The first kappa shape index (κ1) is 51.3. The van der Waals surface area contributed by atoms with Crippen molar-refractivity contribution in [3.63, 3.8) is 0 Å². The Balaban J connectivity index is 0.000000207. The summed E-state index contributed by atoms with van der Waals surface area (Å²) in [6.07, 6.45) is 5.74. The summed E-state index contributed by atoms with van der Waals surface area (Å²) in [7, 11) is 10.5. The van der Waals surface area contributed by atoms with Gasteiger partial charge in [-0.2, -0.15) is 0 Å². The van der Waals surface area contributed by atoms with Crippen molar-refractivity contribution in [3.8, 4) is 69.7 Å². The van der Waals surface area contributed by atoms with E-state index in [2.05, 4.69) is 59.2 Å². The molecule has 0 saturated carbocycles. The summed E-state index contributed by atoms with van der Waals surface area (Å²) in [5.41, 5.74) is 3.73. The molecule has 0 saturated heterocycles. The first-order valence-electron chi connectivity index (χ1n) is 22.0. The van der Waals surface area contributed by atoms with Gasteiger partial charge in [-0.1, -0.05) is 46.9 Å². The van der Waals surface area contributed by atoms with Crippen LogP contribution in [0.15, 0.2) is 49.1 Å². The minimum atomic E-state index is 0.0679. The second kappa shape index (κ2) is 25.3. The molecule has 4 aromatic carbocycles. The van der Waals surface area contributed by atoms with Gasteiger partial charge in [0.1, 0.15) is 35.7 Å². The van der Waals surface area contributed by atoms with E-state index in [1.165, 1.54) is 12.7 Å². The fourth-order valence-electron chi connectivity index (χ4n) is 7.02. The van der Waals surface area contributed by atoms with E-state index in [9.17, 15) is 0 Å². The predicted octanol–water partition coefficient (Wildman–Crippen LogP) is 9.64. The number of hydrogen-bond acceptors (Lipinski definition) is 17. The van der Waals surface area contributed by atoms with E-state index in [1.807, 2.05) is 32.3 Å². The molecule has 0 unspecified atom stereocenters. The van der Waals surface area contributed by atoms with Crippen molar-refractivity contribution < 1.29 is 47.4 Å². The summed E-state index contributed by atoms with van der Waals surface area (Å²) in [5, 5.41) is 8.87. The van der Waals surface area contributed by atoms with Crippen LogP contribution in [0, 0.1) is 23.7 Å². The Morgan fingerprint density at radius 3 is 1.47 bits per heavy atom. The number of hydrogen-bond donors (Lipinski definition) is 2. The van der Waals surface area contributed by atoms with Gasteiger partial charge in [-0.25, -0.2) is 19.9 Å². The Bertz CT molecular complexity index is 2920. The fraction of sp³-hybridized carbons (Fsp3) is 0.360. The van der Waals surface area contributed by atoms with Crippen LogP contribution in [0.2, 0.25) is 10.0 Å². The van der Waals surface area contributed by atoms with Gasteiger partial charge in [0, 0.05) is 62.4 Å². The molecule has 0 amide bonds. The molecule has 70 heavy (non-hydrogen) atoms. The van der Waals surface area contributed by atoms with Gasteiger partial charge in [0.15, 0.2) is 46.0 Å². The molecule has 0 atom stereocenters. The van der Waals surface area contributed by atoms with Gasteiger partial charge < -0.3 is 62.9 Å². The maximum atomic E-state index is 6.65. The molecule has 2 aromatic heterocycles. The molecular weight excluding hydrogens is 965 g/mol. The molecule has 0 bridgehead atoms. The molecule has 0 radical (unpaired) electrons. The summed E-state index contributed by atoms with van der Waals surface area (Å²) >= 11 is 19.0. The minimum absolute atomic E-state index is 0.0679. The summed E-state index contributed by atoms with van der Waals surface area (Å²) in [6, 6.07) is 10.8. The van der Waals surface area contributed by atoms with Crippen LogP contribution in [0.5, 0.6) is 46.0 Å². The van der Waals surface area contributed by atoms with Crippen LogP contribution in [0.25, 0.3) is 21.8 Å². The third-order valence-electron chi connectivity index (χ3n) is 10.4. The maximum Gasteiger partial charge on any atom is 0.231 e. The predicted molar refractivity (Wildman–Crippen MR) is 270 cm³/mol. The second-order valence-corrected chi connectivity index (χ2v) is 16.6. The standard InChI is InChI=1S/C26H29ClN4O5.C24H23Cl2N3O5/c1-31(2)9-7-11-34-22-14-20-18(13-21(22)33-4)26(29-15-28-20)30-23-19(27)12-17(8-5-6-10-32-3)24-25(23)36-16-35-24;1-30-8-4-3-6-15-10-17(26)21(23-22(15)33-14-34-23)29-24-16-11-19(31-2)20(32-9-5-7-25)12-18(16)27-13-28-24/h12-15H,6-7,9-11,16H2,1-4H3,(H,28,29,30);10-13H,4-5,7-9,14H2,1-2H3,(H,27,28,29). The van der Waals surface area contributed by atoms with E-state index < -0.39 is 0 Å². The molecule has 17 nitrogen and oxygen atoms in total. The first-order chi connectivity index (χ1) is 34.2. The zero-order chi connectivity index (χ0) is 49.4. The van der Waals surface area contributed by atoms with Crippen LogP contribution in [0.4, 0.5) is 23.0 Å². The second-order valence-electron chi connectivity index (χ2n) is 15.4. The zero-order valence-corrected chi connectivity index (χ0v) is 41.8. The van der Waals surface area contributed by atoms with Gasteiger partial charge in [0.25, 0.3) is 0 Å². The van der Waals surface area contributed by atoms with Gasteiger partial charge >= 0.3 is 0 Å². The maximum absolute atomic E-state index is 6.65. The fourth-order valence-corrected chi connectivity index (χ4v) is 7.62. The summed E-state index contributed by atoms with van der Waals surface area (Å²) in [6.45, 7) is 3.21. The van der Waals surface area contributed by atoms with Crippen molar-refractivity contribution in [2.45, 2.75) is 25.7 Å². The first-order valence-corrected chi connectivity index (χ1v) is 23.3. The van der Waals surface area contributed by atoms with Crippen LogP contribution in [0.1, 0.15) is 36.8 Å². The van der Waals surface area contributed by atoms with Crippen LogP contribution >= 0.6 is 34.8 Å². The lowest BCUT2D eigenvalue weighted by Gasteiger charge is -2.16. The summed E-state index contributed by atoms with van der Waals surface area (Å²) in [5.74, 6) is 18.2. The number of fused-ring (bicyclic) bond motifs is 4. The molecule has 6 aromatic rings. The van der Waals surface area contributed by atoms with Crippen molar-refractivity contribution in [1.82, 2.24) is 24.8 Å². The minimum Gasteiger partial charge on any atom is -0.493 e. The number of nitrogens with zero attached hydrogens (tertiary/aromatic N) is 5. The molecule has 0 spiro atoms. The van der Waals surface area contributed by atoms with Crippen LogP contribution < -0.4 is 48.5 Å². The Hall–Kier alpha value is -6.57. The van der Waals surface area contributed by atoms with E-state index in [0.717, 1.165) is 30.2 Å². The smallest absolute Gasteiger partial charge is 0.231 e. The summed E-state index contributed by atoms with van der Waals surface area (Å²) in [4.78, 5) is 19.8. The van der Waals surface area contributed by atoms with Crippen molar-refractivity contribution in [2.75, 3.05) is 106 Å². The van der Waals surface area contributed by atoms with Gasteiger partial charge in [0.05, 0.1) is 72.9 Å². The molecule has 0 fully saturated rings. The molecule has 2 N–H and O–H groups in total. The van der Waals surface area contributed by atoms with Crippen LogP contribution in [0.3, 0.4) is 0 Å². The number of methoxy groups -OCH3 is 4. The average Bonchev–Trinajstić information content (AvgIpc) is 4.07. The highest BCUT2D eigenvalue weighted by Crippen LogP contribution is 2.49. The highest BCUT2D eigenvalue weighted by molar-refractivity contribution is 6.34. The molecular formula is C50H52Cl3N7O10. The molecule has 20 heteroatoms. The summed E-state index contributed by atoms with van der Waals surface area (Å²) < 4.78 is 55.8. The SMILES string of the molecule is COCCC#Cc1cc(Cl)c(Nc2ncnc3cc(OCCCCl)c(OC)cc23)c2c1OCO2.COCCC#Cc1cc(Cl)c(Nc2ncnc3cc(OCCCN(C)C)c(OC)cc23)c2c1OCO2. The number of halogens is 3. The quantitative estimate of drug-likeness (QED) is 0.0446. The molecule has 8 rings (SSSR count). The largest absolute Gasteiger partial charge is 0.493 e. The third kappa shape index (κ3) is 12.6. The lowest BCUT2D eigenvalue weighted by molar-refractivity contribution is 0.174. The van der Waals surface area contributed by atoms with E-state index in [1.54, 1.807) is 46.6 Å². The zero-order valence-electron chi connectivity index (χ0n) is 39.6. The number of benzene rings is 4. The third-order valence-corrected chi connectivity index (χ3v) is 11.2. The van der Waals surface area contributed by atoms with Gasteiger partial charge in [-0.3, -0.25) is 0 Å². The highest BCUT2D eigenvalue weighted by atomic mass is 35.5. The molecule has 2 aliphatic rings. The van der Waals surface area contributed by atoms with E-state index in [-0.39, 0.29) is 13.6 Å². The number of aromatic nitrogens is 4. The molecule has 0 aliphatic carbocycles. The number of anilines is 4. The Kier molecular flexibility index (Phi) is 18.6. The van der Waals surface area contributed by atoms with E-state index >= 15 is 0 Å². The van der Waals surface area contributed by atoms with Crippen molar-refractivity contribution in [2.24, 2.45) is 0 Å². The van der Waals surface area contributed by atoms with Gasteiger partial charge in [0.2, 0.25) is 13.6 Å². The van der Waals surface area contributed by atoms with Crippen LogP contribution in [-0.2, 0) is 9.47 Å². The Morgan fingerprint density at radius 2 is 1.04 bits per heavy atom. The monoisotopic (exact) mass is 1020 g/mol. The number of alkyl halides is 1. The van der Waals surface area contributed by atoms with Crippen molar-refractivity contribution in [1.29, 1.82) is 0 Å². The van der Waals surface area contributed by atoms with Crippen LogP contribution in [-0.4, -0.2) is 120 Å². The van der Waals surface area contributed by atoms with E-state index in [4.69, 9.17) is 82.2 Å². The molecule has 4 heterocycles. The van der Waals surface area contributed by atoms with Crippen molar-refractivity contribution in [3.05, 3.63) is 70.2 Å².